The fourth-order valence-corrected chi connectivity index (χ4v) is 3.64. The average molecular weight is 274 g/mol. The van der Waals surface area contributed by atoms with Gasteiger partial charge in [-0.2, -0.15) is 0 Å². The van der Waals surface area contributed by atoms with E-state index in [-0.39, 0.29) is 0 Å². The highest BCUT2D eigenvalue weighted by atomic mass is 16.3. The van der Waals surface area contributed by atoms with E-state index in [1.807, 2.05) is 6.07 Å². The maximum Gasteiger partial charge on any atom is 0.0772 e. The van der Waals surface area contributed by atoms with Crippen LogP contribution in [0, 0.1) is 5.92 Å². The molecule has 1 saturated carbocycles. The lowest BCUT2D eigenvalue weighted by Crippen LogP contribution is -2.44. The van der Waals surface area contributed by atoms with E-state index in [1.165, 1.54) is 11.1 Å². The second-order valence-electron chi connectivity index (χ2n) is 6.84. The fourth-order valence-electron chi connectivity index (χ4n) is 3.64. The van der Waals surface area contributed by atoms with E-state index in [1.54, 1.807) is 0 Å². The lowest BCUT2D eigenvalue weighted by atomic mass is 9.79. The largest absolute Gasteiger partial charge is 0.399 e. The third kappa shape index (κ3) is 2.84. The van der Waals surface area contributed by atoms with Crippen molar-refractivity contribution in [2.75, 3.05) is 12.3 Å². The van der Waals surface area contributed by atoms with Crippen molar-refractivity contribution >= 4 is 5.69 Å². The maximum atomic E-state index is 10.7. The van der Waals surface area contributed by atoms with Crippen molar-refractivity contribution in [3.05, 3.63) is 29.3 Å². The Kier molecular flexibility index (Phi) is 3.74. The molecule has 1 unspecified atom stereocenters. The van der Waals surface area contributed by atoms with Crippen LogP contribution in [0.1, 0.15) is 56.2 Å². The van der Waals surface area contributed by atoms with Gasteiger partial charge in [0.15, 0.2) is 0 Å². The number of hydrogen-bond acceptors (Lipinski definition) is 3. The lowest BCUT2D eigenvalue weighted by molar-refractivity contribution is -0.00818. The Morgan fingerprint density at radius 1 is 1.30 bits per heavy atom. The lowest BCUT2D eigenvalue weighted by Gasteiger charge is -2.36. The minimum Gasteiger partial charge on any atom is -0.399 e. The molecule has 0 heterocycles. The first-order valence-electron chi connectivity index (χ1n) is 7.90. The van der Waals surface area contributed by atoms with E-state index < -0.39 is 5.60 Å². The molecule has 1 aromatic rings. The summed E-state index contributed by atoms with van der Waals surface area (Å²) in [7, 11) is 0. The number of nitrogens with one attached hydrogen (secondary N) is 1. The molecule has 2 aliphatic rings. The fraction of sp³-hybridized carbons (Fsp3) is 0.647. The summed E-state index contributed by atoms with van der Waals surface area (Å²) in [5, 5.41) is 14.3. The number of rotatable bonds is 3. The Morgan fingerprint density at radius 2 is 2.05 bits per heavy atom. The Labute approximate surface area is 121 Å². The average Bonchev–Trinajstić information content (AvgIpc) is 2.83. The molecule has 4 N–H and O–H groups in total. The molecular weight excluding hydrogens is 248 g/mol. The van der Waals surface area contributed by atoms with Crippen LogP contribution in [-0.4, -0.2) is 17.3 Å². The number of fused-ring (bicyclic) bond motifs is 1. The third-order valence-electron chi connectivity index (χ3n) is 5.13. The summed E-state index contributed by atoms with van der Waals surface area (Å²) in [5.74, 6) is 0.769. The second kappa shape index (κ2) is 5.38. The number of nitrogen functional groups attached to an aromatic ring is 1. The van der Waals surface area contributed by atoms with Gasteiger partial charge in [-0.25, -0.2) is 0 Å². The van der Waals surface area contributed by atoms with Crippen molar-refractivity contribution in [3.8, 4) is 0 Å². The summed E-state index contributed by atoms with van der Waals surface area (Å²) < 4.78 is 0. The van der Waals surface area contributed by atoms with Gasteiger partial charge < -0.3 is 16.2 Å². The molecule has 110 valence electrons. The quantitative estimate of drug-likeness (QED) is 0.743. The van der Waals surface area contributed by atoms with Crippen molar-refractivity contribution in [3.63, 3.8) is 0 Å². The van der Waals surface area contributed by atoms with Gasteiger partial charge in [0.05, 0.1) is 5.60 Å². The first kappa shape index (κ1) is 13.9. The van der Waals surface area contributed by atoms with Crippen LogP contribution in [0.2, 0.25) is 0 Å². The Balaban J connectivity index is 1.60. The Hall–Kier alpha value is -1.06. The summed E-state index contributed by atoms with van der Waals surface area (Å²) in [4.78, 5) is 0. The number of hydrogen-bond donors (Lipinski definition) is 3. The van der Waals surface area contributed by atoms with E-state index in [4.69, 9.17) is 5.73 Å². The van der Waals surface area contributed by atoms with Crippen LogP contribution >= 0.6 is 0 Å². The van der Waals surface area contributed by atoms with Gasteiger partial charge in [0.1, 0.15) is 0 Å². The molecule has 0 saturated heterocycles. The zero-order valence-corrected chi connectivity index (χ0v) is 12.4. The SMILES string of the molecule is CC1CCC(O)(CNC2CCc3cc(N)ccc32)CC1. The summed E-state index contributed by atoms with van der Waals surface area (Å²) in [6.07, 6.45) is 6.37. The summed E-state index contributed by atoms with van der Waals surface area (Å²) in [6, 6.07) is 6.60. The van der Waals surface area contributed by atoms with Crippen molar-refractivity contribution in [1.29, 1.82) is 0 Å². The highest BCUT2D eigenvalue weighted by Gasteiger charge is 2.33. The molecule has 0 radical (unpaired) electrons. The predicted octanol–water partition coefficient (Wildman–Crippen LogP) is 2.79. The van der Waals surface area contributed by atoms with Crippen LogP contribution < -0.4 is 11.1 Å². The summed E-state index contributed by atoms with van der Waals surface area (Å²) in [6.45, 7) is 3.00. The van der Waals surface area contributed by atoms with Gasteiger partial charge in [0, 0.05) is 18.3 Å². The smallest absolute Gasteiger partial charge is 0.0772 e. The third-order valence-corrected chi connectivity index (χ3v) is 5.13. The number of nitrogens with two attached hydrogens (primary N) is 1. The normalized spacial score (nSPS) is 33.1. The van der Waals surface area contributed by atoms with Crippen molar-refractivity contribution in [2.24, 2.45) is 5.92 Å². The molecule has 3 nitrogen and oxygen atoms in total. The van der Waals surface area contributed by atoms with Crippen molar-refractivity contribution < 1.29 is 5.11 Å². The number of aliphatic hydroxyl groups is 1. The van der Waals surface area contributed by atoms with Crippen LogP contribution in [0.5, 0.6) is 0 Å². The minimum absolute atomic E-state index is 0.383. The second-order valence-corrected chi connectivity index (χ2v) is 6.84. The van der Waals surface area contributed by atoms with Gasteiger partial charge in [-0.1, -0.05) is 13.0 Å². The van der Waals surface area contributed by atoms with E-state index in [9.17, 15) is 5.11 Å². The topological polar surface area (TPSA) is 58.3 Å². The molecule has 1 atom stereocenters. The van der Waals surface area contributed by atoms with Gasteiger partial charge in [0.25, 0.3) is 0 Å². The molecule has 0 aliphatic heterocycles. The summed E-state index contributed by atoms with van der Waals surface area (Å²) in [5.41, 5.74) is 8.93. The van der Waals surface area contributed by atoms with Gasteiger partial charge in [-0.15, -0.1) is 0 Å². The van der Waals surface area contributed by atoms with Gasteiger partial charge in [0.2, 0.25) is 0 Å². The molecule has 3 heteroatoms. The van der Waals surface area contributed by atoms with Gasteiger partial charge >= 0.3 is 0 Å². The van der Waals surface area contributed by atoms with Gasteiger partial charge in [-0.05, 0) is 67.7 Å². The van der Waals surface area contributed by atoms with Crippen LogP contribution in [-0.2, 0) is 6.42 Å². The molecule has 1 fully saturated rings. The molecule has 0 bridgehead atoms. The Morgan fingerprint density at radius 3 is 2.80 bits per heavy atom. The molecule has 20 heavy (non-hydrogen) atoms. The highest BCUT2D eigenvalue weighted by molar-refractivity contribution is 5.47. The molecule has 3 rings (SSSR count). The summed E-state index contributed by atoms with van der Waals surface area (Å²) >= 11 is 0. The van der Waals surface area contributed by atoms with Crippen molar-refractivity contribution in [1.82, 2.24) is 5.32 Å². The highest BCUT2D eigenvalue weighted by Crippen LogP contribution is 2.35. The van der Waals surface area contributed by atoms with E-state index >= 15 is 0 Å². The van der Waals surface area contributed by atoms with Crippen LogP contribution in [0.25, 0.3) is 0 Å². The zero-order valence-electron chi connectivity index (χ0n) is 12.4. The van der Waals surface area contributed by atoms with Crippen LogP contribution in [0.4, 0.5) is 5.69 Å². The van der Waals surface area contributed by atoms with Gasteiger partial charge in [-0.3, -0.25) is 0 Å². The molecule has 0 spiro atoms. The predicted molar refractivity (Wildman–Crippen MR) is 82.5 cm³/mol. The van der Waals surface area contributed by atoms with E-state index in [0.29, 0.717) is 12.6 Å². The monoisotopic (exact) mass is 274 g/mol. The molecule has 2 aliphatic carbocycles. The first-order chi connectivity index (χ1) is 9.56. The zero-order chi connectivity index (χ0) is 14.2. The van der Waals surface area contributed by atoms with Crippen molar-refractivity contribution in [2.45, 2.75) is 57.1 Å². The standard InChI is InChI=1S/C17H26N2O/c1-12-6-8-17(20,9-7-12)11-19-16-5-2-13-10-14(18)3-4-15(13)16/h3-4,10,12,16,19-20H,2,5-9,11,18H2,1H3. The Bertz CT molecular complexity index is 478. The number of anilines is 1. The molecule has 0 amide bonds. The maximum absolute atomic E-state index is 10.7. The molecule has 0 aromatic heterocycles. The minimum atomic E-state index is -0.497. The first-order valence-corrected chi connectivity index (χ1v) is 7.90. The van der Waals surface area contributed by atoms with Crippen LogP contribution in [0.15, 0.2) is 18.2 Å². The van der Waals surface area contributed by atoms with E-state index in [2.05, 4.69) is 24.4 Å². The number of aryl methyl sites for hydroxylation is 1. The molecular formula is C17H26N2O. The molecule has 1 aromatic carbocycles. The van der Waals surface area contributed by atoms with Crippen LogP contribution in [0.3, 0.4) is 0 Å². The van der Waals surface area contributed by atoms with E-state index in [0.717, 1.165) is 50.1 Å². The number of benzene rings is 1.